The van der Waals surface area contributed by atoms with Crippen LogP contribution in [-0.2, 0) is 6.54 Å². The molecular formula is C19H21N7O2. The molecule has 2 bridgehead atoms. The number of carbonyl (C=O) groups is 1. The fourth-order valence-electron chi connectivity index (χ4n) is 4.38. The monoisotopic (exact) mass is 379 g/mol. The molecule has 9 nitrogen and oxygen atoms in total. The first kappa shape index (κ1) is 17.1. The minimum absolute atomic E-state index is 0.0885. The molecule has 3 fully saturated rings. The van der Waals surface area contributed by atoms with Crippen molar-refractivity contribution in [3.8, 4) is 0 Å². The third-order valence-electron chi connectivity index (χ3n) is 5.70. The second-order valence-corrected chi connectivity index (χ2v) is 7.57. The molecule has 0 aliphatic carbocycles. The van der Waals surface area contributed by atoms with Crippen LogP contribution in [0.25, 0.3) is 5.78 Å². The Kier molecular flexibility index (Phi) is 4.16. The number of fused-ring (bicyclic) bond motifs is 5. The first-order valence-corrected chi connectivity index (χ1v) is 9.53. The normalized spacial score (nSPS) is 22.5. The van der Waals surface area contributed by atoms with Crippen LogP contribution in [0.3, 0.4) is 0 Å². The van der Waals surface area contributed by atoms with Crippen molar-refractivity contribution in [3.63, 3.8) is 0 Å². The molecule has 0 saturated carbocycles. The van der Waals surface area contributed by atoms with Crippen LogP contribution in [0.5, 0.6) is 0 Å². The maximum Gasteiger partial charge on any atom is 0.286 e. The van der Waals surface area contributed by atoms with Crippen LogP contribution in [0.2, 0.25) is 0 Å². The van der Waals surface area contributed by atoms with E-state index in [0.29, 0.717) is 12.5 Å². The molecule has 6 heterocycles. The maximum atomic E-state index is 13.2. The van der Waals surface area contributed by atoms with E-state index in [9.17, 15) is 9.59 Å². The van der Waals surface area contributed by atoms with Crippen LogP contribution in [0.15, 0.2) is 41.7 Å². The summed E-state index contributed by atoms with van der Waals surface area (Å²) in [5, 5.41) is 2.71. The van der Waals surface area contributed by atoms with E-state index < -0.39 is 5.56 Å². The van der Waals surface area contributed by atoms with Gasteiger partial charge in [-0.1, -0.05) is 6.07 Å². The summed E-state index contributed by atoms with van der Waals surface area (Å²) in [6.07, 6.45) is 6.61. The van der Waals surface area contributed by atoms with Gasteiger partial charge in [0.2, 0.25) is 0 Å². The average molecular weight is 379 g/mol. The molecule has 0 aromatic carbocycles. The predicted octanol–water partition coefficient (Wildman–Crippen LogP) is 0.549. The average Bonchev–Trinajstić information content (AvgIpc) is 3.03. The lowest BCUT2D eigenvalue weighted by Gasteiger charge is -2.36. The van der Waals surface area contributed by atoms with E-state index in [2.05, 4.69) is 25.0 Å². The standard InChI is InChI=1S/C19H21N7O2/c27-17(16-7-21-19-22-12-23-26(19)18(16)28)25-9-13-4-5-15(25)11-24(8-13)10-14-3-1-2-6-20-14/h1-3,6-7,12-13,15H,4-5,8-11H2,(H,21,22,23)/t13-,15+/m0/s1. The van der Waals surface area contributed by atoms with Crippen LogP contribution in [0, 0.1) is 5.92 Å². The van der Waals surface area contributed by atoms with Crippen molar-refractivity contribution < 1.29 is 4.79 Å². The summed E-state index contributed by atoms with van der Waals surface area (Å²) in [5.74, 6) is 0.425. The summed E-state index contributed by atoms with van der Waals surface area (Å²) in [7, 11) is 0. The number of aromatic amines is 1. The van der Waals surface area contributed by atoms with Gasteiger partial charge in [-0.3, -0.25) is 24.6 Å². The number of amides is 1. The van der Waals surface area contributed by atoms with Crippen LogP contribution in [-0.4, -0.2) is 65.9 Å². The lowest BCUT2D eigenvalue weighted by molar-refractivity contribution is 0.0582. The van der Waals surface area contributed by atoms with Gasteiger partial charge < -0.3 is 4.90 Å². The van der Waals surface area contributed by atoms with Crippen molar-refractivity contribution in [3.05, 3.63) is 58.5 Å². The van der Waals surface area contributed by atoms with Gasteiger partial charge in [-0.25, -0.2) is 9.97 Å². The van der Waals surface area contributed by atoms with Gasteiger partial charge in [0.1, 0.15) is 11.9 Å². The lowest BCUT2D eigenvalue weighted by atomic mass is 9.94. The van der Waals surface area contributed by atoms with Crippen molar-refractivity contribution in [1.29, 1.82) is 0 Å². The molecule has 1 N–H and O–H groups in total. The molecular weight excluding hydrogens is 358 g/mol. The van der Waals surface area contributed by atoms with Crippen LogP contribution < -0.4 is 5.56 Å². The molecule has 0 spiro atoms. The zero-order valence-electron chi connectivity index (χ0n) is 15.4. The molecule has 28 heavy (non-hydrogen) atoms. The first-order chi connectivity index (χ1) is 13.7. The number of H-pyrrole nitrogens is 1. The van der Waals surface area contributed by atoms with Crippen molar-refractivity contribution in [1.82, 2.24) is 34.4 Å². The van der Waals surface area contributed by atoms with E-state index in [1.807, 2.05) is 29.3 Å². The van der Waals surface area contributed by atoms with Crippen molar-refractivity contribution in [2.24, 2.45) is 5.92 Å². The molecule has 0 unspecified atom stereocenters. The van der Waals surface area contributed by atoms with Gasteiger partial charge in [0.15, 0.2) is 0 Å². The van der Waals surface area contributed by atoms with Crippen molar-refractivity contribution in [2.75, 3.05) is 19.6 Å². The summed E-state index contributed by atoms with van der Waals surface area (Å²) < 4.78 is 1.21. The van der Waals surface area contributed by atoms with Crippen molar-refractivity contribution in [2.45, 2.75) is 25.4 Å². The van der Waals surface area contributed by atoms with E-state index in [1.54, 1.807) is 0 Å². The summed E-state index contributed by atoms with van der Waals surface area (Å²) in [5.41, 5.74) is 0.720. The molecule has 6 rings (SSSR count). The zero-order valence-corrected chi connectivity index (χ0v) is 15.4. The number of nitrogens with zero attached hydrogens (tertiary/aromatic N) is 6. The molecule has 1 amide bonds. The molecule has 3 aliphatic rings. The topological polar surface area (TPSA) is 99.5 Å². The van der Waals surface area contributed by atoms with Gasteiger partial charge in [0.25, 0.3) is 17.2 Å². The number of hydrogen-bond acceptors (Lipinski definition) is 6. The Morgan fingerprint density at radius 1 is 1.14 bits per heavy atom. The van der Waals surface area contributed by atoms with Gasteiger partial charge in [-0.05, 0) is 30.9 Å². The van der Waals surface area contributed by atoms with E-state index in [-0.39, 0.29) is 23.3 Å². The van der Waals surface area contributed by atoms with E-state index >= 15 is 0 Å². The van der Waals surface area contributed by atoms with Crippen LogP contribution in [0.1, 0.15) is 28.9 Å². The Labute approximate surface area is 161 Å². The number of aromatic nitrogens is 5. The van der Waals surface area contributed by atoms with E-state index in [1.165, 1.54) is 17.0 Å². The van der Waals surface area contributed by atoms with E-state index in [4.69, 9.17) is 0 Å². The third kappa shape index (κ3) is 2.97. The largest absolute Gasteiger partial charge is 0.334 e. The minimum atomic E-state index is -0.405. The molecule has 3 aliphatic heterocycles. The lowest BCUT2D eigenvalue weighted by Crippen LogP contribution is -2.48. The molecule has 144 valence electrons. The smallest absolute Gasteiger partial charge is 0.286 e. The Morgan fingerprint density at radius 2 is 2.07 bits per heavy atom. The molecule has 3 aromatic rings. The number of rotatable bonds is 3. The second-order valence-electron chi connectivity index (χ2n) is 7.57. The van der Waals surface area contributed by atoms with Crippen LogP contribution >= 0.6 is 0 Å². The number of hydrogen-bond donors (Lipinski definition) is 1. The Balaban J connectivity index is 1.39. The summed E-state index contributed by atoms with van der Waals surface area (Å²) in [4.78, 5) is 42.6. The third-order valence-corrected chi connectivity index (χ3v) is 5.70. The summed E-state index contributed by atoms with van der Waals surface area (Å²) in [6.45, 7) is 3.18. The highest BCUT2D eigenvalue weighted by atomic mass is 16.2. The summed E-state index contributed by atoms with van der Waals surface area (Å²) >= 11 is 0. The molecule has 0 radical (unpaired) electrons. The summed E-state index contributed by atoms with van der Waals surface area (Å²) in [6, 6.07) is 6.04. The second kappa shape index (κ2) is 6.83. The highest BCUT2D eigenvalue weighted by Crippen LogP contribution is 2.29. The van der Waals surface area contributed by atoms with Gasteiger partial charge in [-0.15, -0.1) is 0 Å². The highest BCUT2D eigenvalue weighted by Gasteiger charge is 2.38. The number of piperidine rings is 1. The Morgan fingerprint density at radius 3 is 2.93 bits per heavy atom. The fourth-order valence-corrected chi connectivity index (χ4v) is 4.38. The molecule has 2 atom stereocenters. The number of carbonyl (C=O) groups excluding carboxylic acids is 1. The molecule has 3 saturated heterocycles. The Bertz CT molecular complexity index is 1060. The van der Waals surface area contributed by atoms with Crippen molar-refractivity contribution >= 4 is 11.7 Å². The minimum Gasteiger partial charge on any atom is -0.334 e. The molecule has 3 aromatic heterocycles. The number of nitrogens with one attached hydrogen (secondary N) is 1. The fraction of sp³-hybridized carbons (Fsp3) is 0.421. The SMILES string of the molecule is O=C(c1cnc2nc[nH]n2c1=O)N1C[C@H]2CC[C@@H]1CN(Cc1ccccn1)C2. The Hall–Kier alpha value is -3.07. The van der Waals surface area contributed by atoms with Gasteiger partial charge in [-0.2, -0.15) is 4.52 Å². The van der Waals surface area contributed by atoms with E-state index in [0.717, 1.165) is 38.2 Å². The molecule has 9 heteroatoms. The first-order valence-electron chi connectivity index (χ1n) is 9.53. The quantitative estimate of drug-likeness (QED) is 0.713. The van der Waals surface area contributed by atoms with Crippen LogP contribution in [0.4, 0.5) is 0 Å². The van der Waals surface area contributed by atoms with Gasteiger partial charge in [0, 0.05) is 44.6 Å². The highest BCUT2D eigenvalue weighted by molar-refractivity contribution is 5.94. The van der Waals surface area contributed by atoms with Gasteiger partial charge in [0.05, 0.1) is 5.69 Å². The zero-order chi connectivity index (χ0) is 19.1. The number of pyridine rings is 1. The maximum absolute atomic E-state index is 13.2. The predicted molar refractivity (Wildman–Crippen MR) is 101 cm³/mol. The van der Waals surface area contributed by atoms with Gasteiger partial charge >= 0.3 is 0 Å².